The topological polar surface area (TPSA) is 56.1 Å². The Morgan fingerprint density at radius 2 is 2.00 bits per heavy atom. The largest absolute Gasteiger partial charge is 0.481 e. The summed E-state index contributed by atoms with van der Waals surface area (Å²) in [5, 5.41) is 9.14. The van der Waals surface area contributed by atoms with Crippen LogP contribution in [0.15, 0.2) is 36.5 Å². The van der Waals surface area contributed by atoms with E-state index < -0.39 is 0 Å². The van der Waals surface area contributed by atoms with Gasteiger partial charge >= 0.3 is 0 Å². The first-order chi connectivity index (χ1) is 13.5. The molecule has 1 aliphatic rings. The fourth-order valence-corrected chi connectivity index (χ4v) is 4.13. The zero-order valence-corrected chi connectivity index (χ0v) is 16.7. The average molecular weight is 402 g/mol. The summed E-state index contributed by atoms with van der Waals surface area (Å²) in [7, 11) is 1.59. The minimum absolute atomic E-state index is 0.188. The molecule has 0 saturated carbocycles. The molecule has 2 aromatic heterocycles. The first kappa shape index (κ1) is 18.7. The Morgan fingerprint density at radius 3 is 2.68 bits per heavy atom. The van der Waals surface area contributed by atoms with Crippen molar-refractivity contribution < 1.29 is 9.13 Å². The van der Waals surface area contributed by atoms with Gasteiger partial charge < -0.3 is 9.64 Å². The number of methoxy groups -OCH3 is 1. The molecule has 146 valence electrons. The van der Waals surface area contributed by atoms with Crippen LogP contribution in [0.25, 0.3) is 5.69 Å². The molecule has 0 radical (unpaired) electrons. The van der Waals surface area contributed by atoms with E-state index in [4.69, 9.17) is 16.3 Å². The van der Waals surface area contributed by atoms with Crippen LogP contribution in [-0.4, -0.2) is 39.9 Å². The molecule has 1 aromatic carbocycles. The third kappa shape index (κ3) is 3.30. The molecule has 28 heavy (non-hydrogen) atoms. The van der Waals surface area contributed by atoms with E-state index in [-0.39, 0.29) is 11.7 Å². The highest BCUT2D eigenvalue weighted by Crippen LogP contribution is 2.38. The quantitative estimate of drug-likeness (QED) is 0.661. The van der Waals surface area contributed by atoms with Crippen molar-refractivity contribution in [1.29, 1.82) is 0 Å². The third-order valence-electron chi connectivity index (χ3n) is 5.25. The maximum absolute atomic E-state index is 13.4. The van der Waals surface area contributed by atoms with E-state index in [1.807, 2.05) is 23.6 Å². The number of benzene rings is 1. The summed E-state index contributed by atoms with van der Waals surface area (Å²) in [6.45, 7) is 5.62. The predicted octanol–water partition coefficient (Wildman–Crippen LogP) is 4.01. The lowest BCUT2D eigenvalue weighted by Crippen LogP contribution is -2.23. The van der Waals surface area contributed by atoms with Gasteiger partial charge in [0.05, 0.1) is 19.0 Å². The number of nitrogens with zero attached hydrogens (tertiary/aromatic N) is 5. The zero-order valence-electron chi connectivity index (χ0n) is 15.9. The van der Waals surface area contributed by atoms with Gasteiger partial charge in [0.1, 0.15) is 11.6 Å². The first-order valence-corrected chi connectivity index (χ1v) is 9.48. The van der Waals surface area contributed by atoms with E-state index in [0.29, 0.717) is 16.8 Å². The Bertz CT molecular complexity index is 991. The number of aryl methyl sites for hydroxylation is 1. The SMILES string of the molecule is COc1ccc(-n2c(C)nnc2N2CC(c3ccc(F)cc3Cl)[C@@H](C)C2)cn1. The van der Waals surface area contributed by atoms with E-state index in [9.17, 15) is 4.39 Å². The lowest BCUT2D eigenvalue weighted by molar-refractivity contribution is 0.398. The smallest absolute Gasteiger partial charge is 0.231 e. The Balaban J connectivity index is 1.65. The Hall–Kier alpha value is -2.67. The fourth-order valence-electron chi connectivity index (χ4n) is 3.82. The number of rotatable bonds is 4. The normalized spacial score (nSPS) is 19.2. The van der Waals surface area contributed by atoms with Crippen LogP contribution in [0.1, 0.15) is 24.2 Å². The molecule has 1 fully saturated rings. The van der Waals surface area contributed by atoms with E-state index in [0.717, 1.165) is 36.1 Å². The number of halogens is 2. The minimum atomic E-state index is -0.321. The molecule has 4 rings (SSSR count). The van der Waals surface area contributed by atoms with Gasteiger partial charge in [-0.25, -0.2) is 9.37 Å². The first-order valence-electron chi connectivity index (χ1n) is 9.10. The van der Waals surface area contributed by atoms with Crippen molar-refractivity contribution in [3.05, 3.63) is 58.8 Å². The molecule has 8 heteroatoms. The fraction of sp³-hybridized carbons (Fsp3) is 0.350. The van der Waals surface area contributed by atoms with Crippen LogP contribution < -0.4 is 9.64 Å². The lowest BCUT2D eigenvalue weighted by Gasteiger charge is -2.19. The van der Waals surface area contributed by atoms with Crippen molar-refractivity contribution in [2.24, 2.45) is 5.92 Å². The van der Waals surface area contributed by atoms with Crippen LogP contribution in [0.5, 0.6) is 5.88 Å². The van der Waals surface area contributed by atoms with E-state index >= 15 is 0 Å². The summed E-state index contributed by atoms with van der Waals surface area (Å²) in [5.74, 6) is 2.29. The van der Waals surface area contributed by atoms with Gasteiger partial charge in [0.15, 0.2) is 0 Å². The van der Waals surface area contributed by atoms with Gasteiger partial charge in [-0.15, -0.1) is 10.2 Å². The Kier molecular flexibility index (Phi) is 4.93. The van der Waals surface area contributed by atoms with Crippen molar-refractivity contribution in [2.75, 3.05) is 25.1 Å². The summed E-state index contributed by atoms with van der Waals surface area (Å²) < 4.78 is 20.6. The van der Waals surface area contributed by atoms with Crippen LogP contribution >= 0.6 is 11.6 Å². The molecule has 2 atom stereocenters. The number of hydrogen-bond donors (Lipinski definition) is 0. The summed E-state index contributed by atoms with van der Waals surface area (Å²) in [4.78, 5) is 6.48. The van der Waals surface area contributed by atoms with Crippen LogP contribution in [0.3, 0.4) is 0 Å². The van der Waals surface area contributed by atoms with Crippen molar-refractivity contribution >= 4 is 17.5 Å². The van der Waals surface area contributed by atoms with Crippen molar-refractivity contribution in [3.63, 3.8) is 0 Å². The number of anilines is 1. The molecule has 6 nitrogen and oxygen atoms in total. The molecule has 3 heterocycles. The molecular weight excluding hydrogens is 381 g/mol. The van der Waals surface area contributed by atoms with Crippen LogP contribution in [-0.2, 0) is 0 Å². The van der Waals surface area contributed by atoms with Crippen molar-refractivity contribution in [1.82, 2.24) is 19.7 Å². The molecular formula is C20H21ClFN5O. The number of pyridine rings is 1. The van der Waals surface area contributed by atoms with Gasteiger partial charge in [-0.1, -0.05) is 24.6 Å². The Labute approximate surface area is 167 Å². The average Bonchev–Trinajstić information content (AvgIpc) is 3.25. The molecule has 3 aromatic rings. The van der Waals surface area contributed by atoms with E-state index in [1.165, 1.54) is 12.1 Å². The van der Waals surface area contributed by atoms with Gasteiger partial charge in [0.25, 0.3) is 0 Å². The zero-order chi connectivity index (χ0) is 19.8. The van der Waals surface area contributed by atoms with Crippen molar-refractivity contribution in [3.8, 4) is 11.6 Å². The maximum Gasteiger partial charge on any atom is 0.231 e. The van der Waals surface area contributed by atoms with Gasteiger partial charge in [0.2, 0.25) is 11.8 Å². The second-order valence-electron chi connectivity index (χ2n) is 7.10. The van der Waals surface area contributed by atoms with Gasteiger partial charge in [0, 0.05) is 30.1 Å². The van der Waals surface area contributed by atoms with E-state index in [1.54, 1.807) is 19.4 Å². The summed E-state index contributed by atoms with van der Waals surface area (Å²) in [6, 6.07) is 8.37. The van der Waals surface area contributed by atoms with Crippen molar-refractivity contribution in [2.45, 2.75) is 19.8 Å². The molecule has 1 unspecified atom stereocenters. The number of aromatic nitrogens is 4. The van der Waals surface area contributed by atoms with Gasteiger partial charge in [-0.05, 0) is 36.6 Å². The van der Waals surface area contributed by atoms with Crippen LogP contribution in [0, 0.1) is 18.7 Å². The second-order valence-corrected chi connectivity index (χ2v) is 7.50. The second kappa shape index (κ2) is 7.39. The monoisotopic (exact) mass is 401 g/mol. The molecule has 0 amide bonds. The predicted molar refractivity (Wildman–Crippen MR) is 106 cm³/mol. The highest BCUT2D eigenvalue weighted by atomic mass is 35.5. The van der Waals surface area contributed by atoms with Crippen LogP contribution in [0.4, 0.5) is 10.3 Å². The number of hydrogen-bond acceptors (Lipinski definition) is 5. The molecule has 1 saturated heterocycles. The Morgan fingerprint density at radius 1 is 1.18 bits per heavy atom. The minimum Gasteiger partial charge on any atom is -0.481 e. The van der Waals surface area contributed by atoms with Crippen LogP contribution in [0.2, 0.25) is 5.02 Å². The summed E-state index contributed by atoms with van der Waals surface area (Å²) in [5.41, 5.74) is 1.83. The third-order valence-corrected chi connectivity index (χ3v) is 5.58. The standard InChI is InChI=1S/C20H21ClFN5O/c1-12-10-26(11-17(12)16-6-4-14(22)8-18(16)21)20-25-24-13(2)27(20)15-5-7-19(28-3)23-9-15/h4-9,12,17H,10-11H2,1-3H3/t12-,17?/m0/s1. The summed E-state index contributed by atoms with van der Waals surface area (Å²) >= 11 is 6.32. The molecule has 0 N–H and O–H groups in total. The molecule has 0 spiro atoms. The maximum atomic E-state index is 13.4. The lowest BCUT2D eigenvalue weighted by atomic mass is 9.90. The molecule has 0 aliphatic carbocycles. The highest BCUT2D eigenvalue weighted by Gasteiger charge is 2.34. The summed E-state index contributed by atoms with van der Waals surface area (Å²) in [6.07, 6.45) is 1.74. The molecule has 0 bridgehead atoms. The van der Waals surface area contributed by atoms with Gasteiger partial charge in [-0.3, -0.25) is 4.57 Å². The van der Waals surface area contributed by atoms with E-state index in [2.05, 4.69) is 27.0 Å². The number of ether oxygens (including phenoxy) is 1. The van der Waals surface area contributed by atoms with Gasteiger partial charge in [-0.2, -0.15) is 0 Å². The molecule has 1 aliphatic heterocycles. The highest BCUT2D eigenvalue weighted by molar-refractivity contribution is 6.31.